The summed E-state index contributed by atoms with van der Waals surface area (Å²) in [5.74, 6) is -1.10. The lowest BCUT2D eigenvalue weighted by molar-refractivity contribution is -0.155. The van der Waals surface area contributed by atoms with Gasteiger partial charge in [0.05, 0.1) is 0 Å². The van der Waals surface area contributed by atoms with Crippen LogP contribution in [0.4, 0.5) is 13.2 Å². The summed E-state index contributed by atoms with van der Waals surface area (Å²) in [5.41, 5.74) is -0.177. The van der Waals surface area contributed by atoms with Gasteiger partial charge in [0.25, 0.3) is 11.5 Å². The van der Waals surface area contributed by atoms with Crippen molar-refractivity contribution in [3.8, 4) is 0 Å². The molecular formula is C15H14F3N3O2. The van der Waals surface area contributed by atoms with Crippen LogP contribution in [0.2, 0.25) is 0 Å². The van der Waals surface area contributed by atoms with Crippen LogP contribution in [0.1, 0.15) is 33.2 Å². The van der Waals surface area contributed by atoms with Gasteiger partial charge in [-0.15, -0.1) is 0 Å². The number of H-pyrrole nitrogens is 1. The minimum absolute atomic E-state index is 0.214. The summed E-state index contributed by atoms with van der Waals surface area (Å²) in [5, 5.41) is 1.85. The van der Waals surface area contributed by atoms with Gasteiger partial charge in [-0.05, 0) is 31.5 Å². The number of pyridine rings is 2. The second kappa shape index (κ2) is 6.23. The van der Waals surface area contributed by atoms with E-state index in [0.717, 1.165) is 6.20 Å². The van der Waals surface area contributed by atoms with E-state index in [-0.39, 0.29) is 11.1 Å². The van der Waals surface area contributed by atoms with Crippen LogP contribution < -0.4 is 10.9 Å². The molecule has 2 aromatic rings. The first-order valence-electron chi connectivity index (χ1n) is 6.68. The Morgan fingerprint density at radius 2 is 2.04 bits per heavy atom. The molecule has 0 aliphatic rings. The molecule has 23 heavy (non-hydrogen) atoms. The van der Waals surface area contributed by atoms with Crippen LogP contribution >= 0.6 is 0 Å². The molecule has 0 spiro atoms. The summed E-state index contributed by atoms with van der Waals surface area (Å²) in [4.78, 5) is 30.0. The summed E-state index contributed by atoms with van der Waals surface area (Å²) in [7, 11) is 0. The SMILES string of the molecule is Cc1cc(C(=O)N[C@@H](c2cccnc2)C(F)(F)F)c(=O)[nH]c1C. The fourth-order valence-electron chi connectivity index (χ4n) is 2.00. The number of carbonyl (C=O) groups is 1. The van der Waals surface area contributed by atoms with E-state index < -0.39 is 23.7 Å². The monoisotopic (exact) mass is 325 g/mol. The van der Waals surface area contributed by atoms with Crippen molar-refractivity contribution in [1.29, 1.82) is 0 Å². The maximum absolute atomic E-state index is 13.2. The summed E-state index contributed by atoms with van der Waals surface area (Å²) in [6, 6.07) is 1.56. The molecule has 0 saturated carbocycles. The Hall–Kier alpha value is -2.64. The molecule has 2 heterocycles. The van der Waals surface area contributed by atoms with Crippen LogP contribution in [0.5, 0.6) is 0 Å². The number of hydrogen-bond donors (Lipinski definition) is 2. The number of halogens is 3. The van der Waals surface area contributed by atoms with E-state index in [2.05, 4.69) is 9.97 Å². The lowest BCUT2D eigenvalue weighted by Crippen LogP contribution is -2.40. The summed E-state index contributed by atoms with van der Waals surface area (Å²) in [6.45, 7) is 3.27. The number of alkyl halides is 3. The minimum Gasteiger partial charge on any atom is -0.336 e. The largest absolute Gasteiger partial charge is 0.412 e. The number of nitrogens with zero attached hydrogens (tertiary/aromatic N) is 1. The quantitative estimate of drug-likeness (QED) is 0.910. The average molecular weight is 325 g/mol. The average Bonchev–Trinajstić information content (AvgIpc) is 2.48. The molecular weight excluding hydrogens is 311 g/mol. The molecule has 1 atom stereocenters. The van der Waals surface area contributed by atoms with Gasteiger partial charge in [0.1, 0.15) is 5.56 Å². The van der Waals surface area contributed by atoms with E-state index in [0.29, 0.717) is 11.3 Å². The highest BCUT2D eigenvalue weighted by Crippen LogP contribution is 2.32. The molecule has 0 saturated heterocycles. The summed E-state index contributed by atoms with van der Waals surface area (Å²) >= 11 is 0. The Bertz CT molecular complexity index is 770. The summed E-state index contributed by atoms with van der Waals surface area (Å²) < 4.78 is 39.6. The zero-order chi connectivity index (χ0) is 17.2. The first-order chi connectivity index (χ1) is 10.7. The maximum atomic E-state index is 13.2. The van der Waals surface area contributed by atoms with Crippen molar-refractivity contribution in [2.24, 2.45) is 0 Å². The number of aromatic amines is 1. The zero-order valence-corrected chi connectivity index (χ0v) is 12.4. The van der Waals surface area contributed by atoms with Crippen LogP contribution in [-0.2, 0) is 0 Å². The molecule has 2 N–H and O–H groups in total. The Morgan fingerprint density at radius 1 is 1.35 bits per heavy atom. The Balaban J connectivity index is 2.36. The molecule has 0 aliphatic heterocycles. The minimum atomic E-state index is -4.72. The van der Waals surface area contributed by atoms with Crippen molar-refractivity contribution in [1.82, 2.24) is 15.3 Å². The molecule has 0 aliphatic carbocycles. The van der Waals surface area contributed by atoms with Gasteiger partial charge >= 0.3 is 6.18 Å². The molecule has 0 fully saturated rings. The molecule has 0 bridgehead atoms. The van der Waals surface area contributed by atoms with E-state index >= 15 is 0 Å². The van der Waals surface area contributed by atoms with E-state index in [4.69, 9.17) is 0 Å². The molecule has 122 valence electrons. The number of aromatic nitrogens is 2. The topological polar surface area (TPSA) is 74.8 Å². The lowest BCUT2D eigenvalue weighted by atomic mass is 10.1. The van der Waals surface area contributed by atoms with E-state index in [1.54, 1.807) is 13.8 Å². The molecule has 0 aromatic carbocycles. The molecule has 8 heteroatoms. The van der Waals surface area contributed by atoms with Crippen molar-refractivity contribution >= 4 is 5.91 Å². The fraction of sp³-hybridized carbons (Fsp3) is 0.267. The molecule has 0 unspecified atom stereocenters. The first-order valence-corrected chi connectivity index (χ1v) is 6.68. The molecule has 2 aromatic heterocycles. The predicted molar refractivity (Wildman–Crippen MR) is 77.0 cm³/mol. The van der Waals surface area contributed by atoms with Crippen molar-refractivity contribution < 1.29 is 18.0 Å². The second-order valence-electron chi connectivity index (χ2n) is 5.05. The van der Waals surface area contributed by atoms with Crippen molar-refractivity contribution in [2.75, 3.05) is 0 Å². The number of aryl methyl sites for hydroxylation is 2. The molecule has 5 nitrogen and oxygen atoms in total. The Labute approximate surface area is 129 Å². The van der Waals surface area contributed by atoms with Crippen molar-refractivity contribution in [3.63, 3.8) is 0 Å². The normalized spacial score (nSPS) is 12.7. The van der Waals surface area contributed by atoms with Crippen LogP contribution in [0.3, 0.4) is 0 Å². The lowest BCUT2D eigenvalue weighted by Gasteiger charge is -2.21. The molecule has 1 amide bonds. The van der Waals surface area contributed by atoms with Gasteiger partial charge in [0.2, 0.25) is 0 Å². The highest BCUT2D eigenvalue weighted by atomic mass is 19.4. The third-order valence-electron chi connectivity index (χ3n) is 3.36. The Morgan fingerprint density at radius 3 is 2.61 bits per heavy atom. The number of nitrogens with one attached hydrogen (secondary N) is 2. The fourth-order valence-corrected chi connectivity index (χ4v) is 2.00. The maximum Gasteiger partial charge on any atom is 0.412 e. The molecule has 2 rings (SSSR count). The second-order valence-corrected chi connectivity index (χ2v) is 5.05. The van der Waals surface area contributed by atoms with Crippen LogP contribution in [0.15, 0.2) is 35.4 Å². The van der Waals surface area contributed by atoms with Gasteiger partial charge in [0.15, 0.2) is 6.04 Å². The molecule has 0 radical (unpaired) electrons. The third-order valence-corrected chi connectivity index (χ3v) is 3.36. The van der Waals surface area contributed by atoms with Gasteiger partial charge in [0, 0.05) is 23.7 Å². The predicted octanol–water partition coefficient (Wildman–Crippen LogP) is 2.42. The number of amides is 1. The van der Waals surface area contributed by atoms with Crippen LogP contribution in [0, 0.1) is 13.8 Å². The first kappa shape index (κ1) is 16.7. The van der Waals surface area contributed by atoms with Gasteiger partial charge < -0.3 is 10.3 Å². The Kier molecular flexibility index (Phi) is 4.53. The number of carbonyl (C=O) groups excluding carboxylic acids is 1. The van der Waals surface area contributed by atoms with Gasteiger partial charge in [-0.1, -0.05) is 6.07 Å². The smallest absolute Gasteiger partial charge is 0.336 e. The third kappa shape index (κ3) is 3.77. The highest BCUT2D eigenvalue weighted by Gasteiger charge is 2.42. The van der Waals surface area contributed by atoms with Gasteiger partial charge in [-0.3, -0.25) is 14.6 Å². The van der Waals surface area contributed by atoms with Crippen LogP contribution in [-0.4, -0.2) is 22.1 Å². The van der Waals surface area contributed by atoms with Gasteiger partial charge in [-0.25, -0.2) is 0 Å². The van der Waals surface area contributed by atoms with E-state index in [1.807, 2.05) is 5.32 Å². The number of rotatable bonds is 3. The van der Waals surface area contributed by atoms with Crippen molar-refractivity contribution in [3.05, 3.63) is 63.3 Å². The van der Waals surface area contributed by atoms with Crippen molar-refractivity contribution in [2.45, 2.75) is 26.1 Å². The zero-order valence-electron chi connectivity index (χ0n) is 12.4. The van der Waals surface area contributed by atoms with E-state index in [1.165, 1.54) is 24.4 Å². The standard InChI is InChI=1S/C15H14F3N3O2/c1-8-6-11(13(22)20-9(8)2)14(23)21-12(15(16,17)18)10-4-3-5-19-7-10/h3-7,12H,1-2H3,(H,20,22)(H,21,23)/t12-/m0/s1. The van der Waals surface area contributed by atoms with E-state index in [9.17, 15) is 22.8 Å². The van der Waals surface area contributed by atoms with Gasteiger partial charge in [-0.2, -0.15) is 13.2 Å². The number of hydrogen-bond acceptors (Lipinski definition) is 3. The summed E-state index contributed by atoms with van der Waals surface area (Å²) in [6.07, 6.45) is -2.37. The van der Waals surface area contributed by atoms with Crippen LogP contribution in [0.25, 0.3) is 0 Å². The highest BCUT2D eigenvalue weighted by molar-refractivity contribution is 5.94.